The fraction of sp³-hybridized carbons (Fsp3) is 0.400. The monoisotopic (exact) mass is 292 g/mol. The summed E-state index contributed by atoms with van der Waals surface area (Å²) in [4.78, 5) is 12.7. The summed E-state index contributed by atoms with van der Waals surface area (Å²) >= 11 is 1.43. The molecular formula is C15H20N2O2S. The third-order valence-electron chi connectivity index (χ3n) is 3.01. The third-order valence-corrected chi connectivity index (χ3v) is 4.20. The Morgan fingerprint density at radius 1 is 1.35 bits per heavy atom. The van der Waals surface area contributed by atoms with Gasteiger partial charge in [0.15, 0.2) is 0 Å². The van der Waals surface area contributed by atoms with Crippen molar-refractivity contribution in [3.05, 3.63) is 29.1 Å². The van der Waals surface area contributed by atoms with Gasteiger partial charge >= 0.3 is 0 Å². The number of carbonyl (C=O) groups is 1. The van der Waals surface area contributed by atoms with Gasteiger partial charge in [-0.05, 0) is 12.5 Å². The van der Waals surface area contributed by atoms with Crippen LogP contribution in [0.3, 0.4) is 0 Å². The average molecular weight is 292 g/mol. The van der Waals surface area contributed by atoms with Gasteiger partial charge in [0.05, 0.1) is 12.3 Å². The van der Waals surface area contributed by atoms with E-state index in [0.717, 1.165) is 29.5 Å². The molecule has 108 valence electrons. The Morgan fingerprint density at radius 3 is 2.90 bits per heavy atom. The lowest BCUT2D eigenvalue weighted by Gasteiger charge is -2.05. The highest BCUT2D eigenvalue weighted by Gasteiger charge is 2.15. The molecular weight excluding hydrogens is 272 g/mol. The van der Waals surface area contributed by atoms with Gasteiger partial charge in [0.2, 0.25) is 0 Å². The number of amides is 1. The topological polar surface area (TPSA) is 64.3 Å². The second kappa shape index (κ2) is 7.26. The fourth-order valence-electron chi connectivity index (χ4n) is 1.90. The van der Waals surface area contributed by atoms with Crippen molar-refractivity contribution in [3.8, 4) is 0 Å². The molecule has 0 radical (unpaired) electrons. The first-order valence-electron chi connectivity index (χ1n) is 6.87. The molecule has 0 atom stereocenters. The number of nitrogens with one attached hydrogen (secondary N) is 1. The molecule has 0 fully saturated rings. The summed E-state index contributed by atoms with van der Waals surface area (Å²) in [7, 11) is 0. The maximum Gasteiger partial charge on any atom is 0.263 e. The van der Waals surface area contributed by atoms with Crippen LogP contribution in [0.25, 0.3) is 10.1 Å². The van der Waals surface area contributed by atoms with Gasteiger partial charge < -0.3 is 15.8 Å². The second-order valence-corrected chi connectivity index (χ2v) is 5.62. The van der Waals surface area contributed by atoms with Gasteiger partial charge in [-0.15, -0.1) is 11.3 Å². The van der Waals surface area contributed by atoms with Crippen LogP contribution in [0.2, 0.25) is 0 Å². The first kappa shape index (κ1) is 14.8. The van der Waals surface area contributed by atoms with Crippen LogP contribution in [-0.4, -0.2) is 25.7 Å². The Hall–Kier alpha value is -1.59. The number of anilines is 1. The molecule has 1 aromatic heterocycles. The summed E-state index contributed by atoms with van der Waals surface area (Å²) in [5.41, 5.74) is 6.59. The smallest absolute Gasteiger partial charge is 0.263 e. The predicted molar refractivity (Wildman–Crippen MR) is 84.3 cm³/mol. The largest absolute Gasteiger partial charge is 0.397 e. The molecule has 0 aliphatic carbocycles. The van der Waals surface area contributed by atoms with E-state index in [1.165, 1.54) is 11.3 Å². The van der Waals surface area contributed by atoms with E-state index in [4.69, 9.17) is 10.5 Å². The number of hydrogen-bond acceptors (Lipinski definition) is 4. The maximum absolute atomic E-state index is 12.1. The number of benzene rings is 1. The molecule has 0 unspecified atom stereocenters. The number of nitrogens with two attached hydrogens (primary N) is 1. The normalized spacial score (nSPS) is 10.8. The van der Waals surface area contributed by atoms with Crippen LogP contribution in [0, 0.1) is 0 Å². The molecule has 20 heavy (non-hydrogen) atoms. The van der Waals surface area contributed by atoms with Crippen LogP contribution >= 0.6 is 11.3 Å². The van der Waals surface area contributed by atoms with Crippen molar-refractivity contribution in [2.75, 3.05) is 25.5 Å². The molecule has 1 aromatic carbocycles. The SMILES string of the molecule is CCCCOCCNC(=O)c1sc2ccccc2c1N. The van der Waals surface area contributed by atoms with E-state index in [-0.39, 0.29) is 5.91 Å². The van der Waals surface area contributed by atoms with Crippen LogP contribution in [0.5, 0.6) is 0 Å². The number of nitrogen functional groups attached to an aromatic ring is 1. The van der Waals surface area contributed by atoms with E-state index in [9.17, 15) is 4.79 Å². The van der Waals surface area contributed by atoms with Crippen LogP contribution in [0.4, 0.5) is 5.69 Å². The molecule has 3 N–H and O–H groups in total. The minimum Gasteiger partial charge on any atom is -0.397 e. The number of fused-ring (bicyclic) bond motifs is 1. The van der Waals surface area contributed by atoms with Crippen molar-refractivity contribution in [2.45, 2.75) is 19.8 Å². The molecule has 2 rings (SSSR count). The molecule has 1 heterocycles. The van der Waals surface area contributed by atoms with Gasteiger partial charge in [-0.25, -0.2) is 0 Å². The lowest BCUT2D eigenvalue weighted by molar-refractivity contribution is 0.0917. The number of ether oxygens (including phenoxy) is 1. The van der Waals surface area contributed by atoms with Gasteiger partial charge in [-0.2, -0.15) is 0 Å². The quantitative estimate of drug-likeness (QED) is 0.771. The zero-order chi connectivity index (χ0) is 14.4. The molecule has 4 nitrogen and oxygen atoms in total. The molecule has 5 heteroatoms. The highest BCUT2D eigenvalue weighted by atomic mass is 32.1. The van der Waals surface area contributed by atoms with Crippen molar-refractivity contribution in [3.63, 3.8) is 0 Å². The Balaban J connectivity index is 1.89. The minimum absolute atomic E-state index is 0.122. The van der Waals surface area contributed by atoms with Gasteiger partial charge in [0.25, 0.3) is 5.91 Å². The Kier molecular flexibility index (Phi) is 5.38. The second-order valence-electron chi connectivity index (χ2n) is 4.56. The molecule has 0 bridgehead atoms. The molecule has 0 saturated carbocycles. The van der Waals surface area contributed by atoms with Crippen LogP contribution in [0.15, 0.2) is 24.3 Å². The Bertz CT molecular complexity index is 580. The highest BCUT2D eigenvalue weighted by molar-refractivity contribution is 7.21. The van der Waals surface area contributed by atoms with Gasteiger partial charge in [-0.3, -0.25) is 4.79 Å². The summed E-state index contributed by atoms with van der Waals surface area (Å²) in [6, 6.07) is 7.78. The molecule has 0 saturated heterocycles. The van der Waals surface area contributed by atoms with Crippen molar-refractivity contribution >= 4 is 33.0 Å². The molecule has 0 spiro atoms. The molecule has 1 amide bonds. The zero-order valence-electron chi connectivity index (χ0n) is 11.6. The summed E-state index contributed by atoms with van der Waals surface area (Å²) in [6.45, 7) is 3.92. The van der Waals surface area contributed by atoms with Gasteiger partial charge in [-0.1, -0.05) is 31.5 Å². The summed E-state index contributed by atoms with van der Waals surface area (Å²) in [5, 5.41) is 3.79. The molecule has 2 aromatic rings. The highest BCUT2D eigenvalue weighted by Crippen LogP contribution is 2.33. The lowest BCUT2D eigenvalue weighted by atomic mass is 10.2. The van der Waals surface area contributed by atoms with Crippen molar-refractivity contribution in [2.24, 2.45) is 0 Å². The average Bonchev–Trinajstić information content (AvgIpc) is 2.80. The first-order valence-corrected chi connectivity index (χ1v) is 7.68. The summed E-state index contributed by atoms with van der Waals surface area (Å²) < 4.78 is 6.44. The van der Waals surface area contributed by atoms with Crippen molar-refractivity contribution in [1.29, 1.82) is 0 Å². The van der Waals surface area contributed by atoms with Crippen LogP contribution < -0.4 is 11.1 Å². The molecule has 0 aliphatic rings. The first-order chi connectivity index (χ1) is 9.74. The van der Waals surface area contributed by atoms with E-state index in [2.05, 4.69) is 12.2 Å². The predicted octanol–water partition coefficient (Wildman–Crippen LogP) is 3.03. The minimum atomic E-state index is -0.122. The number of thiophene rings is 1. The van der Waals surface area contributed by atoms with E-state index < -0.39 is 0 Å². The van der Waals surface area contributed by atoms with E-state index in [1.54, 1.807) is 0 Å². The summed E-state index contributed by atoms with van der Waals surface area (Å²) in [6.07, 6.45) is 2.17. The van der Waals surface area contributed by atoms with Crippen molar-refractivity contribution < 1.29 is 9.53 Å². The standard InChI is InChI=1S/C15H20N2O2S/c1-2-3-9-19-10-8-17-15(18)14-13(16)11-6-4-5-7-12(11)20-14/h4-7H,2-3,8-10,16H2,1H3,(H,17,18). The van der Waals surface area contributed by atoms with E-state index in [1.807, 2.05) is 24.3 Å². The Morgan fingerprint density at radius 2 is 2.15 bits per heavy atom. The zero-order valence-corrected chi connectivity index (χ0v) is 12.5. The van der Waals surface area contributed by atoms with Crippen molar-refractivity contribution in [1.82, 2.24) is 5.32 Å². The Labute approximate surface area is 122 Å². The van der Waals surface area contributed by atoms with Crippen LogP contribution in [0.1, 0.15) is 29.4 Å². The number of carbonyl (C=O) groups excluding carboxylic acids is 1. The number of unbranched alkanes of at least 4 members (excludes halogenated alkanes) is 1. The van der Waals surface area contributed by atoms with Gasteiger partial charge in [0.1, 0.15) is 4.88 Å². The maximum atomic E-state index is 12.1. The van der Waals surface area contributed by atoms with E-state index >= 15 is 0 Å². The summed E-state index contributed by atoms with van der Waals surface area (Å²) in [5.74, 6) is -0.122. The third kappa shape index (κ3) is 3.49. The van der Waals surface area contributed by atoms with E-state index in [0.29, 0.717) is 23.7 Å². The molecule has 0 aliphatic heterocycles. The lowest BCUT2D eigenvalue weighted by Crippen LogP contribution is -2.27. The number of rotatable bonds is 7. The number of hydrogen-bond donors (Lipinski definition) is 2. The fourth-order valence-corrected chi connectivity index (χ4v) is 2.94. The van der Waals surface area contributed by atoms with Gasteiger partial charge in [0, 0.05) is 23.2 Å². The van der Waals surface area contributed by atoms with Crippen LogP contribution in [-0.2, 0) is 4.74 Å².